The quantitative estimate of drug-likeness (QED) is 0.767. The van der Waals surface area contributed by atoms with Crippen LogP contribution in [-0.2, 0) is 6.42 Å². The third kappa shape index (κ3) is 2.70. The molecule has 1 aliphatic carbocycles. The van der Waals surface area contributed by atoms with Crippen LogP contribution in [0.3, 0.4) is 0 Å². The number of nitrogens with two attached hydrogens (primary N) is 1. The first-order valence-corrected chi connectivity index (χ1v) is 9.00. The van der Waals surface area contributed by atoms with Gasteiger partial charge in [0, 0.05) is 10.8 Å². The maximum Gasteiger partial charge on any atom is 0.171 e. The zero-order chi connectivity index (χ0) is 14.1. The lowest BCUT2D eigenvalue weighted by molar-refractivity contribution is 0.691. The summed E-state index contributed by atoms with van der Waals surface area (Å²) in [6, 6.07) is 4.27. The largest absolute Gasteiger partial charge is 0.383 e. The van der Waals surface area contributed by atoms with Crippen LogP contribution in [0.15, 0.2) is 12.1 Å². The van der Waals surface area contributed by atoms with E-state index >= 15 is 0 Å². The van der Waals surface area contributed by atoms with Crippen LogP contribution in [0.2, 0.25) is 0 Å². The molecule has 3 rings (SSSR count). The SMILES string of the molecule is CCc1ccc(-c2nc(N)c(I)c(C3CCCC3)n2)s1. The van der Waals surface area contributed by atoms with Gasteiger partial charge in [-0.05, 0) is 54.0 Å². The van der Waals surface area contributed by atoms with E-state index in [1.54, 1.807) is 11.3 Å². The molecule has 20 heavy (non-hydrogen) atoms. The molecule has 2 aromatic heterocycles. The lowest BCUT2D eigenvalue weighted by Gasteiger charge is -2.13. The van der Waals surface area contributed by atoms with Crippen LogP contribution >= 0.6 is 33.9 Å². The highest BCUT2D eigenvalue weighted by Crippen LogP contribution is 2.38. The predicted octanol–water partition coefficient (Wildman–Crippen LogP) is 4.61. The Hall–Kier alpha value is -0.690. The molecule has 0 aromatic carbocycles. The van der Waals surface area contributed by atoms with Crippen molar-refractivity contribution < 1.29 is 0 Å². The normalized spacial score (nSPS) is 15.9. The van der Waals surface area contributed by atoms with Crippen molar-refractivity contribution in [3.05, 3.63) is 26.3 Å². The zero-order valence-corrected chi connectivity index (χ0v) is 14.5. The second kappa shape index (κ2) is 5.97. The lowest BCUT2D eigenvalue weighted by Crippen LogP contribution is -2.07. The van der Waals surface area contributed by atoms with Gasteiger partial charge in [0.1, 0.15) is 5.82 Å². The second-order valence-electron chi connectivity index (χ2n) is 5.23. The number of thiophene rings is 1. The number of nitrogens with zero attached hydrogens (tertiary/aromatic N) is 2. The maximum absolute atomic E-state index is 6.11. The van der Waals surface area contributed by atoms with Crippen LogP contribution in [0.4, 0.5) is 5.82 Å². The molecule has 1 fully saturated rings. The summed E-state index contributed by atoms with van der Waals surface area (Å²) < 4.78 is 1.05. The minimum atomic E-state index is 0.566. The second-order valence-corrected chi connectivity index (χ2v) is 7.48. The average molecular weight is 399 g/mol. The summed E-state index contributed by atoms with van der Waals surface area (Å²) in [5, 5.41) is 0. The van der Waals surface area contributed by atoms with Crippen molar-refractivity contribution in [1.29, 1.82) is 0 Å². The van der Waals surface area contributed by atoms with E-state index in [2.05, 4.69) is 46.6 Å². The van der Waals surface area contributed by atoms with Gasteiger partial charge in [0.05, 0.1) is 14.1 Å². The van der Waals surface area contributed by atoms with Gasteiger partial charge in [-0.2, -0.15) is 0 Å². The van der Waals surface area contributed by atoms with E-state index in [1.165, 1.54) is 30.6 Å². The van der Waals surface area contributed by atoms with Gasteiger partial charge < -0.3 is 5.73 Å². The molecule has 0 bridgehead atoms. The van der Waals surface area contributed by atoms with Gasteiger partial charge >= 0.3 is 0 Å². The molecule has 2 N–H and O–H groups in total. The minimum absolute atomic E-state index is 0.566. The number of aromatic nitrogens is 2. The van der Waals surface area contributed by atoms with E-state index in [0.29, 0.717) is 11.7 Å². The Labute approximate surface area is 137 Å². The Morgan fingerprint density at radius 3 is 2.70 bits per heavy atom. The van der Waals surface area contributed by atoms with E-state index in [1.807, 2.05) is 0 Å². The van der Waals surface area contributed by atoms with Gasteiger partial charge in [-0.15, -0.1) is 11.3 Å². The molecule has 0 aliphatic heterocycles. The van der Waals surface area contributed by atoms with Crippen molar-refractivity contribution in [2.75, 3.05) is 5.73 Å². The molecule has 5 heteroatoms. The Kier molecular flexibility index (Phi) is 4.26. The standard InChI is InChI=1S/C15H18IN3S/c1-2-10-7-8-11(20-10)15-18-13(9-5-3-4-6-9)12(16)14(17)19-15/h7-9H,2-6H2,1H3,(H2,17,18,19). The van der Waals surface area contributed by atoms with Crippen LogP contribution in [0.1, 0.15) is 49.1 Å². The highest BCUT2D eigenvalue weighted by molar-refractivity contribution is 14.1. The van der Waals surface area contributed by atoms with Crippen molar-refractivity contribution in [3.63, 3.8) is 0 Å². The van der Waals surface area contributed by atoms with Crippen molar-refractivity contribution in [2.24, 2.45) is 0 Å². The summed E-state index contributed by atoms with van der Waals surface area (Å²) >= 11 is 4.07. The lowest BCUT2D eigenvalue weighted by atomic mass is 10.0. The van der Waals surface area contributed by atoms with Gasteiger partial charge in [-0.25, -0.2) is 9.97 Å². The Morgan fingerprint density at radius 1 is 1.30 bits per heavy atom. The summed E-state index contributed by atoms with van der Waals surface area (Å²) in [5.74, 6) is 2.00. The van der Waals surface area contributed by atoms with Gasteiger partial charge in [-0.1, -0.05) is 19.8 Å². The first-order valence-electron chi connectivity index (χ1n) is 7.11. The molecule has 1 saturated carbocycles. The molecule has 0 radical (unpaired) electrons. The number of hydrogen-bond acceptors (Lipinski definition) is 4. The minimum Gasteiger partial charge on any atom is -0.383 e. The van der Waals surface area contributed by atoms with Crippen LogP contribution in [0, 0.1) is 3.57 Å². The van der Waals surface area contributed by atoms with E-state index in [0.717, 1.165) is 26.4 Å². The molecule has 2 aromatic rings. The van der Waals surface area contributed by atoms with Gasteiger partial charge in [0.15, 0.2) is 5.82 Å². The molecule has 2 heterocycles. The molecule has 106 valence electrons. The third-order valence-corrected chi connectivity index (χ3v) is 6.21. The smallest absolute Gasteiger partial charge is 0.171 e. The maximum atomic E-state index is 6.11. The third-order valence-electron chi connectivity index (χ3n) is 3.87. The molecule has 0 atom stereocenters. The monoisotopic (exact) mass is 399 g/mol. The topological polar surface area (TPSA) is 51.8 Å². The highest BCUT2D eigenvalue weighted by atomic mass is 127. The summed E-state index contributed by atoms with van der Waals surface area (Å²) in [7, 11) is 0. The molecule has 0 spiro atoms. The van der Waals surface area contributed by atoms with Gasteiger partial charge in [0.25, 0.3) is 0 Å². The van der Waals surface area contributed by atoms with Crippen molar-refractivity contribution in [1.82, 2.24) is 9.97 Å². The highest BCUT2D eigenvalue weighted by Gasteiger charge is 2.23. The molecule has 1 aliphatic rings. The Morgan fingerprint density at radius 2 is 2.05 bits per heavy atom. The summed E-state index contributed by atoms with van der Waals surface area (Å²) in [4.78, 5) is 11.8. The fourth-order valence-electron chi connectivity index (χ4n) is 2.75. The molecular formula is C15H18IN3S. The number of nitrogen functional groups attached to an aromatic ring is 1. The molecule has 0 unspecified atom stereocenters. The number of anilines is 1. The Balaban J connectivity index is 2.03. The summed E-state index contributed by atoms with van der Waals surface area (Å²) in [5.41, 5.74) is 7.28. The molecule has 0 saturated heterocycles. The van der Waals surface area contributed by atoms with E-state index in [9.17, 15) is 0 Å². The van der Waals surface area contributed by atoms with Crippen LogP contribution in [-0.4, -0.2) is 9.97 Å². The number of aryl methyl sites for hydroxylation is 1. The van der Waals surface area contributed by atoms with Crippen LogP contribution < -0.4 is 5.73 Å². The van der Waals surface area contributed by atoms with E-state index < -0.39 is 0 Å². The van der Waals surface area contributed by atoms with E-state index in [-0.39, 0.29) is 0 Å². The van der Waals surface area contributed by atoms with Crippen molar-refractivity contribution in [2.45, 2.75) is 44.9 Å². The van der Waals surface area contributed by atoms with Crippen molar-refractivity contribution in [3.8, 4) is 10.7 Å². The van der Waals surface area contributed by atoms with Gasteiger partial charge in [-0.3, -0.25) is 0 Å². The number of hydrogen-bond donors (Lipinski definition) is 1. The first kappa shape index (κ1) is 14.3. The van der Waals surface area contributed by atoms with Crippen LogP contribution in [0.25, 0.3) is 10.7 Å². The summed E-state index contributed by atoms with van der Waals surface area (Å²) in [6.07, 6.45) is 6.13. The predicted molar refractivity (Wildman–Crippen MR) is 93.1 cm³/mol. The number of halogens is 1. The molecular weight excluding hydrogens is 381 g/mol. The first-order chi connectivity index (χ1) is 9.69. The molecule has 3 nitrogen and oxygen atoms in total. The fraction of sp³-hybridized carbons (Fsp3) is 0.467. The van der Waals surface area contributed by atoms with Crippen molar-refractivity contribution >= 4 is 39.7 Å². The zero-order valence-electron chi connectivity index (χ0n) is 11.5. The van der Waals surface area contributed by atoms with Crippen LogP contribution in [0.5, 0.6) is 0 Å². The Bertz CT molecular complexity index is 618. The fourth-order valence-corrected chi connectivity index (χ4v) is 4.31. The molecule has 0 amide bonds. The number of rotatable bonds is 3. The average Bonchev–Trinajstić information content (AvgIpc) is 3.11. The van der Waals surface area contributed by atoms with Gasteiger partial charge in [0.2, 0.25) is 0 Å². The van der Waals surface area contributed by atoms with E-state index in [4.69, 9.17) is 10.7 Å². The summed E-state index contributed by atoms with van der Waals surface area (Å²) in [6.45, 7) is 2.17.